The fourth-order valence-corrected chi connectivity index (χ4v) is 9.03. The van der Waals surface area contributed by atoms with E-state index in [9.17, 15) is 40.8 Å². The smallest absolute Gasteiger partial charge is 0.440 e. The number of benzene rings is 2. The lowest BCUT2D eigenvalue weighted by Crippen LogP contribution is -2.50. The number of aromatic nitrogens is 1. The molecule has 3 aliphatic rings. The van der Waals surface area contributed by atoms with Crippen LogP contribution in [0, 0.1) is 22.2 Å². The van der Waals surface area contributed by atoms with Gasteiger partial charge in [0, 0.05) is 35.8 Å². The summed E-state index contributed by atoms with van der Waals surface area (Å²) in [6, 6.07) is 13.8. The predicted molar refractivity (Wildman–Crippen MR) is 166 cm³/mol. The van der Waals surface area contributed by atoms with Gasteiger partial charge in [-0.05, 0) is 62.1 Å². The average molecular weight is 679 g/mol. The Kier molecular flexibility index (Phi) is 7.94. The second-order valence-corrected chi connectivity index (χ2v) is 16.6. The Morgan fingerprint density at radius 1 is 1.02 bits per heavy atom. The highest BCUT2D eigenvalue weighted by Crippen LogP contribution is 2.68. The lowest BCUT2D eigenvalue weighted by Gasteiger charge is -2.44. The molecule has 2 aliphatic carbocycles. The molecule has 0 bridgehead atoms. The van der Waals surface area contributed by atoms with E-state index in [-0.39, 0.29) is 23.0 Å². The summed E-state index contributed by atoms with van der Waals surface area (Å²) < 4.78 is 89.6. The van der Waals surface area contributed by atoms with Crippen molar-refractivity contribution < 1.29 is 39.9 Å². The molecule has 46 heavy (non-hydrogen) atoms. The topological polar surface area (TPSA) is 171 Å². The number of oxazole rings is 1. The average Bonchev–Trinajstić information content (AvgIpc) is 3.71. The number of rotatable bonds is 7. The quantitative estimate of drug-likeness (QED) is 0.259. The number of amides is 1. The molecule has 1 saturated heterocycles. The summed E-state index contributed by atoms with van der Waals surface area (Å²) in [6.07, 6.45) is 3.37. The van der Waals surface area contributed by atoms with Crippen molar-refractivity contribution in [3.05, 3.63) is 54.3 Å². The second-order valence-electron chi connectivity index (χ2n) is 12.3. The molecule has 2 atom stereocenters. The van der Waals surface area contributed by atoms with Gasteiger partial charge in [0.2, 0.25) is 11.8 Å². The third-order valence-corrected chi connectivity index (χ3v) is 12.9. The summed E-state index contributed by atoms with van der Waals surface area (Å²) in [5, 5.41) is 10.2. The number of hydrogen-bond acceptors (Lipinski definition) is 9. The monoisotopic (exact) mass is 678 g/mol. The molecule has 15 heteroatoms. The normalized spacial score (nSPS) is 25.0. The Balaban J connectivity index is 1.44. The molecule has 3 fully saturated rings. The standard InChI is InChI=1S/C31H33F3N4O6S2/c32-31(33,34)46(42,43)23-10-6-21(7-11-23)27-37-25(20-4-8-22(9-5-20)38-15-17-45(40,41)18-16-38)26(44-27)24-3-1-2-12-30(24,28(36)39)29(19-35)13-14-29/h4-11,24,40-41H,1-3,12-18H2,(H2,36,39). The molecule has 10 nitrogen and oxygen atoms in total. The van der Waals surface area contributed by atoms with E-state index >= 15 is 0 Å². The van der Waals surface area contributed by atoms with Gasteiger partial charge >= 0.3 is 5.51 Å². The SMILES string of the molecule is N#CC1(C2(C(N)=O)CCCCC2c2oc(-c3ccc(S(=O)(=O)C(F)(F)F)cc3)nc2-c2ccc(N3CCS(O)(O)CC3)cc2)CC1. The van der Waals surface area contributed by atoms with Crippen LogP contribution in [0.15, 0.2) is 57.8 Å². The zero-order valence-electron chi connectivity index (χ0n) is 24.7. The van der Waals surface area contributed by atoms with Crippen LogP contribution in [0.3, 0.4) is 0 Å². The lowest BCUT2D eigenvalue weighted by atomic mass is 9.56. The van der Waals surface area contributed by atoms with Gasteiger partial charge in [0.1, 0.15) is 11.5 Å². The van der Waals surface area contributed by atoms with Crippen molar-refractivity contribution in [3.8, 4) is 28.8 Å². The maximum atomic E-state index is 13.3. The van der Waals surface area contributed by atoms with Gasteiger partial charge < -0.3 is 15.1 Å². The number of primary amides is 1. The fraction of sp³-hybridized carbons (Fsp3) is 0.452. The van der Waals surface area contributed by atoms with E-state index in [2.05, 4.69) is 6.07 Å². The number of alkyl halides is 3. The molecule has 0 radical (unpaired) electrons. The maximum Gasteiger partial charge on any atom is 0.501 e. The van der Waals surface area contributed by atoms with Crippen LogP contribution in [-0.4, -0.2) is 58.5 Å². The van der Waals surface area contributed by atoms with E-state index in [1.54, 1.807) is 0 Å². The number of nitriles is 1. The van der Waals surface area contributed by atoms with Crippen molar-refractivity contribution in [2.75, 3.05) is 29.5 Å². The summed E-state index contributed by atoms with van der Waals surface area (Å²) in [4.78, 5) is 19.2. The highest BCUT2D eigenvalue weighted by molar-refractivity contribution is 8.24. The van der Waals surface area contributed by atoms with Crippen LogP contribution in [0.4, 0.5) is 18.9 Å². The number of nitrogens with zero attached hydrogens (tertiary/aromatic N) is 3. The fourth-order valence-electron chi connectivity index (χ4n) is 7.04. The molecule has 1 amide bonds. The van der Waals surface area contributed by atoms with Crippen LogP contribution >= 0.6 is 10.6 Å². The molecular formula is C31H33F3N4O6S2. The Morgan fingerprint density at radius 2 is 1.63 bits per heavy atom. The number of carbonyl (C=O) groups is 1. The second kappa shape index (κ2) is 11.3. The molecule has 2 heterocycles. The molecular weight excluding hydrogens is 645 g/mol. The first-order valence-corrected chi connectivity index (χ1v) is 18.2. The van der Waals surface area contributed by atoms with Gasteiger partial charge in [0.05, 0.1) is 33.3 Å². The van der Waals surface area contributed by atoms with Crippen molar-refractivity contribution in [1.29, 1.82) is 5.26 Å². The largest absolute Gasteiger partial charge is 0.501 e. The number of sulfone groups is 1. The Bertz CT molecular complexity index is 1790. The van der Waals surface area contributed by atoms with Gasteiger partial charge in [-0.3, -0.25) is 13.9 Å². The molecule has 1 aliphatic heterocycles. The Hall–Kier alpha value is -3.58. The third kappa shape index (κ3) is 5.34. The third-order valence-electron chi connectivity index (χ3n) is 9.73. The molecule has 246 valence electrons. The van der Waals surface area contributed by atoms with Crippen LogP contribution in [0.25, 0.3) is 22.7 Å². The van der Waals surface area contributed by atoms with E-state index in [1.807, 2.05) is 29.2 Å². The molecule has 2 aromatic carbocycles. The van der Waals surface area contributed by atoms with Gasteiger partial charge in [-0.1, -0.05) is 25.0 Å². The van der Waals surface area contributed by atoms with Gasteiger partial charge in [0.15, 0.2) is 0 Å². The minimum Gasteiger partial charge on any atom is -0.440 e. The van der Waals surface area contributed by atoms with Crippen LogP contribution in [0.2, 0.25) is 0 Å². The lowest BCUT2D eigenvalue weighted by molar-refractivity contribution is -0.135. The predicted octanol–water partition coefficient (Wildman–Crippen LogP) is 6.31. The van der Waals surface area contributed by atoms with Gasteiger partial charge in [0.25, 0.3) is 9.84 Å². The molecule has 2 saturated carbocycles. The van der Waals surface area contributed by atoms with E-state index in [1.165, 1.54) is 12.1 Å². The van der Waals surface area contributed by atoms with Crippen molar-refractivity contribution in [2.45, 2.75) is 54.8 Å². The van der Waals surface area contributed by atoms with Crippen molar-refractivity contribution in [2.24, 2.45) is 16.6 Å². The van der Waals surface area contributed by atoms with Gasteiger partial charge in [-0.15, -0.1) is 0 Å². The minimum atomic E-state index is -5.56. The summed E-state index contributed by atoms with van der Waals surface area (Å²) in [6.45, 7) is 0.946. The molecule has 4 N–H and O–H groups in total. The van der Waals surface area contributed by atoms with E-state index in [0.29, 0.717) is 62.2 Å². The van der Waals surface area contributed by atoms with Crippen LogP contribution in [-0.2, 0) is 14.6 Å². The number of anilines is 1. The van der Waals surface area contributed by atoms with Gasteiger partial charge in [-0.25, -0.2) is 13.4 Å². The summed E-state index contributed by atoms with van der Waals surface area (Å²) >= 11 is 0. The van der Waals surface area contributed by atoms with Crippen LogP contribution in [0.5, 0.6) is 0 Å². The molecule has 2 unspecified atom stereocenters. The zero-order chi connectivity index (χ0) is 33.1. The highest BCUT2D eigenvalue weighted by atomic mass is 32.3. The molecule has 3 aromatic rings. The van der Waals surface area contributed by atoms with E-state index < -0.39 is 53.5 Å². The first-order valence-electron chi connectivity index (χ1n) is 14.9. The molecule has 6 rings (SSSR count). The molecule has 0 spiro atoms. The van der Waals surface area contributed by atoms with Crippen molar-refractivity contribution >= 4 is 32.0 Å². The van der Waals surface area contributed by atoms with Crippen LogP contribution in [0.1, 0.15) is 50.2 Å². The Morgan fingerprint density at radius 3 is 2.17 bits per heavy atom. The van der Waals surface area contributed by atoms with Gasteiger partial charge in [-0.2, -0.15) is 29.0 Å². The number of carbonyl (C=O) groups excluding carboxylic acids is 1. The maximum absolute atomic E-state index is 13.3. The van der Waals surface area contributed by atoms with Crippen molar-refractivity contribution in [3.63, 3.8) is 0 Å². The number of halogens is 3. The number of hydrogen-bond donors (Lipinski definition) is 3. The summed E-state index contributed by atoms with van der Waals surface area (Å²) in [5.41, 5.74) is 0.571. The minimum absolute atomic E-state index is 0.0111. The zero-order valence-corrected chi connectivity index (χ0v) is 26.3. The van der Waals surface area contributed by atoms with Crippen molar-refractivity contribution in [1.82, 2.24) is 4.98 Å². The Labute approximate surface area is 265 Å². The highest BCUT2D eigenvalue weighted by Gasteiger charge is 2.68. The molecule has 1 aromatic heterocycles. The van der Waals surface area contributed by atoms with E-state index in [0.717, 1.165) is 24.2 Å². The first kappa shape index (κ1) is 32.4. The number of nitrogens with two attached hydrogens (primary N) is 1. The van der Waals surface area contributed by atoms with Crippen LogP contribution < -0.4 is 10.6 Å². The summed E-state index contributed by atoms with van der Waals surface area (Å²) in [5.74, 6) is -0.306. The summed E-state index contributed by atoms with van der Waals surface area (Å²) in [7, 11) is -8.14. The first-order chi connectivity index (χ1) is 21.6. The van der Waals surface area contributed by atoms with E-state index in [4.69, 9.17) is 15.1 Å².